The lowest BCUT2D eigenvalue weighted by molar-refractivity contribution is 0.184. The lowest BCUT2D eigenvalue weighted by Crippen LogP contribution is -2.44. The Labute approximate surface area is 126 Å². The van der Waals surface area contributed by atoms with Gasteiger partial charge in [0.25, 0.3) is 0 Å². The number of likely N-dealkylation sites (N-methyl/N-ethyl adjacent to an activating group) is 1. The number of hydrogen-bond donors (Lipinski definition) is 1. The summed E-state index contributed by atoms with van der Waals surface area (Å²) in [5, 5.41) is 3.60. The summed E-state index contributed by atoms with van der Waals surface area (Å²) in [4.78, 5) is 5.35. The minimum absolute atomic E-state index is 0.470. The Balaban J connectivity index is 1.86. The molecule has 0 spiro atoms. The van der Waals surface area contributed by atoms with Crippen LogP contribution in [0.5, 0.6) is 0 Å². The summed E-state index contributed by atoms with van der Waals surface area (Å²) in [6, 6.07) is 1.49. The Kier molecular flexibility index (Phi) is 5.49. The second-order valence-electron chi connectivity index (χ2n) is 7.48. The highest BCUT2D eigenvalue weighted by atomic mass is 15.2. The SMILES string of the molecule is CCN(CC)C1CCN(CC2CCC(C)(C)C2NC)C1. The second-order valence-corrected chi connectivity index (χ2v) is 7.48. The van der Waals surface area contributed by atoms with Crippen molar-refractivity contribution in [2.45, 2.75) is 59.0 Å². The van der Waals surface area contributed by atoms with Gasteiger partial charge in [-0.1, -0.05) is 27.7 Å². The molecule has 1 N–H and O–H groups in total. The number of hydrogen-bond acceptors (Lipinski definition) is 3. The average Bonchev–Trinajstić information content (AvgIpc) is 2.97. The number of nitrogens with zero attached hydrogens (tertiary/aromatic N) is 2. The van der Waals surface area contributed by atoms with E-state index in [1.165, 1.54) is 52.0 Å². The molecule has 20 heavy (non-hydrogen) atoms. The van der Waals surface area contributed by atoms with Crippen molar-refractivity contribution < 1.29 is 0 Å². The molecule has 0 bridgehead atoms. The van der Waals surface area contributed by atoms with Crippen LogP contribution in [0.2, 0.25) is 0 Å². The van der Waals surface area contributed by atoms with Crippen LogP contribution in [-0.4, -0.2) is 61.7 Å². The summed E-state index contributed by atoms with van der Waals surface area (Å²) < 4.78 is 0. The van der Waals surface area contributed by atoms with Crippen LogP contribution >= 0.6 is 0 Å². The van der Waals surface area contributed by atoms with Crippen LogP contribution < -0.4 is 5.32 Å². The first-order valence-electron chi connectivity index (χ1n) is 8.65. The number of nitrogens with one attached hydrogen (secondary N) is 1. The molecule has 3 nitrogen and oxygen atoms in total. The molecule has 1 aliphatic heterocycles. The van der Waals surface area contributed by atoms with Gasteiger partial charge in [0.15, 0.2) is 0 Å². The zero-order valence-corrected chi connectivity index (χ0v) is 14.3. The third-order valence-electron chi connectivity index (χ3n) is 5.85. The lowest BCUT2D eigenvalue weighted by atomic mass is 9.85. The molecule has 0 aromatic heterocycles. The average molecular weight is 281 g/mol. The molecule has 0 aromatic rings. The van der Waals surface area contributed by atoms with E-state index in [1.807, 2.05) is 0 Å². The first-order valence-corrected chi connectivity index (χ1v) is 8.65. The fourth-order valence-electron chi connectivity index (χ4n) is 4.69. The van der Waals surface area contributed by atoms with E-state index in [-0.39, 0.29) is 0 Å². The van der Waals surface area contributed by atoms with Gasteiger partial charge in [0.1, 0.15) is 0 Å². The number of rotatable bonds is 6. The fraction of sp³-hybridized carbons (Fsp3) is 1.00. The lowest BCUT2D eigenvalue weighted by Gasteiger charge is -2.33. The topological polar surface area (TPSA) is 18.5 Å². The van der Waals surface area contributed by atoms with Crippen molar-refractivity contribution in [1.29, 1.82) is 0 Å². The third kappa shape index (κ3) is 3.37. The highest BCUT2D eigenvalue weighted by Gasteiger charge is 2.42. The molecule has 3 unspecified atom stereocenters. The number of likely N-dealkylation sites (tertiary alicyclic amines) is 1. The highest BCUT2D eigenvalue weighted by Crippen LogP contribution is 2.41. The first-order chi connectivity index (χ1) is 9.51. The minimum atomic E-state index is 0.470. The molecule has 1 saturated carbocycles. The Bertz CT molecular complexity index is 299. The molecule has 2 rings (SSSR count). The maximum atomic E-state index is 3.60. The second kappa shape index (κ2) is 6.76. The summed E-state index contributed by atoms with van der Waals surface area (Å²) in [6.45, 7) is 15.7. The Morgan fingerprint density at radius 2 is 1.90 bits per heavy atom. The van der Waals surface area contributed by atoms with Crippen LogP contribution in [-0.2, 0) is 0 Å². The van der Waals surface area contributed by atoms with Gasteiger partial charge < -0.3 is 10.2 Å². The molecule has 0 radical (unpaired) electrons. The van der Waals surface area contributed by atoms with Crippen LogP contribution in [0, 0.1) is 11.3 Å². The molecule has 3 heteroatoms. The van der Waals surface area contributed by atoms with Gasteiger partial charge >= 0.3 is 0 Å². The molecule has 1 aliphatic carbocycles. The van der Waals surface area contributed by atoms with Crippen LogP contribution in [0.25, 0.3) is 0 Å². The predicted octanol–water partition coefficient (Wildman–Crippen LogP) is 2.43. The van der Waals surface area contributed by atoms with Crippen molar-refractivity contribution in [3.8, 4) is 0 Å². The Morgan fingerprint density at radius 1 is 1.20 bits per heavy atom. The maximum absolute atomic E-state index is 3.60. The van der Waals surface area contributed by atoms with E-state index in [0.29, 0.717) is 11.5 Å². The Hall–Kier alpha value is -0.120. The Morgan fingerprint density at radius 3 is 2.50 bits per heavy atom. The van der Waals surface area contributed by atoms with Gasteiger partial charge in [-0.05, 0) is 57.3 Å². The van der Waals surface area contributed by atoms with Gasteiger partial charge in [0.2, 0.25) is 0 Å². The van der Waals surface area contributed by atoms with Crippen LogP contribution in [0.1, 0.15) is 47.0 Å². The molecule has 0 aromatic carbocycles. The third-order valence-corrected chi connectivity index (χ3v) is 5.85. The van der Waals surface area contributed by atoms with Crippen molar-refractivity contribution in [3.63, 3.8) is 0 Å². The van der Waals surface area contributed by atoms with E-state index in [0.717, 1.165) is 12.0 Å². The molecule has 0 amide bonds. The molecule has 1 saturated heterocycles. The van der Waals surface area contributed by atoms with E-state index >= 15 is 0 Å². The summed E-state index contributed by atoms with van der Waals surface area (Å²) in [5.74, 6) is 0.838. The first kappa shape index (κ1) is 16.3. The van der Waals surface area contributed by atoms with Crippen molar-refractivity contribution in [1.82, 2.24) is 15.1 Å². The molecule has 3 atom stereocenters. The van der Waals surface area contributed by atoms with Gasteiger partial charge in [-0.25, -0.2) is 0 Å². The van der Waals surface area contributed by atoms with Crippen LogP contribution in [0.4, 0.5) is 0 Å². The van der Waals surface area contributed by atoms with Gasteiger partial charge in [-0.3, -0.25) is 4.90 Å². The summed E-state index contributed by atoms with van der Waals surface area (Å²) in [5.41, 5.74) is 0.470. The fourth-order valence-corrected chi connectivity index (χ4v) is 4.69. The highest BCUT2D eigenvalue weighted by molar-refractivity contribution is 4.97. The maximum Gasteiger partial charge on any atom is 0.0235 e. The zero-order chi connectivity index (χ0) is 14.8. The van der Waals surface area contributed by atoms with E-state index in [9.17, 15) is 0 Å². The normalized spacial score (nSPS) is 34.2. The van der Waals surface area contributed by atoms with Crippen molar-refractivity contribution in [3.05, 3.63) is 0 Å². The quantitative estimate of drug-likeness (QED) is 0.807. The standard InChI is InChI=1S/C17H35N3/c1-6-20(7-2)15-9-11-19(13-15)12-14-8-10-17(3,4)16(14)18-5/h14-16,18H,6-13H2,1-5H3. The van der Waals surface area contributed by atoms with Crippen molar-refractivity contribution in [2.24, 2.45) is 11.3 Å². The van der Waals surface area contributed by atoms with Gasteiger partial charge in [0, 0.05) is 25.2 Å². The summed E-state index contributed by atoms with van der Waals surface area (Å²) in [7, 11) is 2.15. The predicted molar refractivity (Wildman–Crippen MR) is 87.1 cm³/mol. The van der Waals surface area contributed by atoms with E-state index in [1.54, 1.807) is 0 Å². The molecular weight excluding hydrogens is 246 g/mol. The van der Waals surface area contributed by atoms with Crippen molar-refractivity contribution >= 4 is 0 Å². The molecule has 2 aliphatic rings. The van der Waals surface area contributed by atoms with Crippen molar-refractivity contribution in [2.75, 3.05) is 39.8 Å². The van der Waals surface area contributed by atoms with E-state index in [4.69, 9.17) is 0 Å². The zero-order valence-electron chi connectivity index (χ0n) is 14.3. The van der Waals surface area contributed by atoms with E-state index < -0.39 is 0 Å². The molecule has 1 heterocycles. The minimum Gasteiger partial charge on any atom is -0.316 e. The van der Waals surface area contributed by atoms with Crippen LogP contribution in [0.3, 0.4) is 0 Å². The van der Waals surface area contributed by atoms with Gasteiger partial charge in [-0.15, -0.1) is 0 Å². The summed E-state index contributed by atoms with van der Waals surface area (Å²) in [6.07, 6.45) is 4.13. The smallest absolute Gasteiger partial charge is 0.0235 e. The van der Waals surface area contributed by atoms with E-state index in [2.05, 4.69) is 49.9 Å². The molecule has 2 fully saturated rings. The monoisotopic (exact) mass is 281 g/mol. The van der Waals surface area contributed by atoms with Gasteiger partial charge in [0.05, 0.1) is 0 Å². The van der Waals surface area contributed by atoms with Crippen LogP contribution in [0.15, 0.2) is 0 Å². The molecular formula is C17H35N3. The summed E-state index contributed by atoms with van der Waals surface area (Å²) >= 11 is 0. The molecule has 118 valence electrons. The largest absolute Gasteiger partial charge is 0.316 e. The van der Waals surface area contributed by atoms with Gasteiger partial charge in [-0.2, -0.15) is 0 Å².